The summed E-state index contributed by atoms with van der Waals surface area (Å²) >= 11 is 0. The van der Waals surface area contributed by atoms with E-state index in [0.717, 1.165) is 31.4 Å². The maximum atomic E-state index is 12.3. The van der Waals surface area contributed by atoms with Crippen LogP contribution in [0.1, 0.15) is 23.2 Å². The molecule has 1 amide bonds. The Morgan fingerprint density at radius 1 is 1.32 bits per heavy atom. The highest BCUT2D eigenvalue weighted by Gasteiger charge is 2.18. The maximum Gasteiger partial charge on any atom is 0.253 e. The van der Waals surface area contributed by atoms with Gasteiger partial charge in [-0.3, -0.25) is 14.8 Å². The molecule has 5 heteroatoms. The highest BCUT2D eigenvalue weighted by Crippen LogP contribution is 2.14. The average Bonchev–Trinajstić information content (AvgIpc) is 2.47. The predicted molar refractivity (Wildman–Crippen MR) is 72.9 cm³/mol. The maximum absolute atomic E-state index is 12.3. The van der Waals surface area contributed by atoms with Gasteiger partial charge in [-0.05, 0) is 31.5 Å². The quantitative estimate of drug-likeness (QED) is 0.844. The lowest BCUT2D eigenvalue weighted by atomic mass is 10.1. The molecule has 2 aromatic rings. The number of fused-ring (bicyclic) bond motifs is 1. The molecule has 1 fully saturated rings. The molecule has 19 heavy (non-hydrogen) atoms. The first-order valence-corrected chi connectivity index (χ1v) is 6.56. The van der Waals surface area contributed by atoms with E-state index in [4.69, 9.17) is 0 Å². The number of piperidine rings is 1. The molecule has 2 N–H and O–H groups in total. The smallest absolute Gasteiger partial charge is 0.253 e. The second-order valence-corrected chi connectivity index (χ2v) is 4.75. The zero-order valence-corrected chi connectivity index (χ0v) is 10.6. The molecule has 5 nitrogen and oxygen atoms in total. The third-order valence-electron chi connectivity index (χ3n) is 3.38. The van der Waals surface area contributed by atoms with E-state index < -0.39 is 0 Å². The Labute approximate surface area is 111 Å². The van der Waals surface area contributed by atoms with Crippen molar-refractivity contribution in [1.29, 1.82) is 0 Å². The summed E-state index contributed by atoms with van der Waals surface area (Å²) < 4.78 is 0. The summed E-state index contributed by atoms with van der Waals surface area (Å²) in [6, 6.07) is 5.70. The molecule has 1 aliphatic rings. The minimum atomic E-state index is -0.0696. The molecular formula is C14H16N4O. The van der Waals surface area contributed by atoms with Crippen molar-refractivity contribution in [2.45, 2.75) is 18.9 Å². The van der Waals surface area contributed by atoms with Crippen LogP contribution >= 0.6 is 0 Å². The van der Waals surface area contributed by atoms with E-state index in [2.05, 4.69) is 20.6 Å². The molecule has 0 bridgehead atoms. The number of hydrogen-bond donors (Lipinski definition) is 2. The lowest BCUT2D eigenvalue weighted by Crippen LogP contribution is -2.45. The van der Waals surface area contributed by atoms with Gasteiger partial charge in [0.05, 0.1) is 11.1 Å². The second kappa shape index (κ2) is 5.32. The van der Waals surface area contributed by atoms with Crippen LogP contribution in [0.15, 0.2) is 30.6 Å². The van der Waals surface area contributed by atoms with Crippen LogP contribution in [-0.4, -0.2) is 35.0 Å². The molecule has 0 aliphatic carbocycles. The number of benzene rings is 1. The van der Waals surface area contributed by atoms with Crippen LogP contribution in [0.2, 0.25) is 0 Å². The summed E-state index contributed by atoms with van der Waals surface area (Å²) in [5, 5.41) is 6.34. The molecule has 3 rings (SSSR count). The van der Waals surface area contributed by atoms with Crippen LogP contribution in [0.3, 0.4) is 0 Å². The molecule has 0 radical (unpaired) electrons. The minimum absolute atomic E-state index is 0.0696. The first-order valence-electron chi connectivity index (χ1n) is 6.56. The first kappa shape index (κ1) is 12.0. The fourth-order valence-corrected chi connectivity index (χ4v) is 2.41. The van der Waals surface area contributed by atoms with E-state index >= 15 is 0 Å². The van der Waals surface area contributed by atoms with Gasteiger partial charge in [-0.25, -0.2) is 0 Å². The molecule has 1 saturated heterocycles. The van der Waals surface area contributed by atoms with E-state index in [9.17, 15) is 4.79 Å². The molecule has 1 aliphatic heterocycles. The monoisotopic (exact) mass is 256 g/mol. The second-order valence-electron chi connectivity index (χ2n) is 4.75. The summed E-state index contributed by atoms with van der Waals surface area (Å²) in [4.78, 5) is 20.8. The van der Waals surface area contributed by atoms with Gasteiger partial charge < -0.3 is 10.6 Å². The molecule has 1 aromatic carbocycles. The fraction of sp³-hybridized carbons (Fsp3) is 0.357. The third kappa shape index (κ3) is 2.56. The number of para-hydroxylation sites is 1. The van der Waals surface area contributed by atoms with Gasteiger partial charge >= 0.3 is 0 Å². The van der Waals surface area contributed by atoms with Gasteiger partial charge in [0, 0.05) is 25.0 Å². The summed E-state index contributed by atoms with van der Waals surface area (Å²) in [7, 11) is 0. The normalized spacial score (nSPS) is 19.3. The topological polar surface area (TPSA) is 66.9 Å². The highest BCUT2D eigenvalue weighted by atomic mass is 16.1. The zero-order chi connectivity index (χ0) is 13.1. The van der Waals surface area contributed by atoms with Crippen LogP contribution in [-0.2, 0) is 0 Å². The van der Waals surface area contributed by atoms with E-state index in [0.29, 0.717) is 11.1 Å². The Morgan fingerprint density at radius 3 is 3.05 bits per heavy atom. The zero-order valence-electron chi connectivity index (χ0n) is 10.6. The van der Waals surface area contributed by atoms with Gasteiger partial charge in [0.1, 0.15) is 5.52 Å². The van der Waals surface area contributed by atoms with Crippen molar-refractivity contribution >= 4 is 16.9 Å². The Morgan fingerprint density at radius 2 is 2.21 bits per heavy atom. The van der Waals surface area contributed by atoms with E-state index in [1.54, 1.807) is 18.5 Å². The molecule has 1 aromatic heterocycles. The van der Waals surface area contributed by atoms with Gasteiger partial charge in [0.25, 0.3) is 5.91 Å². The van der Waals surface area contributed by atoms with E-state index in [1.165, 1.54) is 0 Å². The molecule has 98 valence electrons. The van der Waals surface area contributed by atoms with Gasteiger partial charge in [-0.15, -0.1) is 0 Å². The molecule has 0 spiro atoms. The highest BCUT2D eigenvalue weighted by molar-refractivity contribution is 6.04. The van der Waals surface area contributed by atoms with Crippen molar-refractivity contribution in [3.63, 3.8) is 0 Å². The Kier molecular flexibility index (Phi) is 3.37. The number of aromatic nitrogens is 2. The van der Waals surface area contributed by atoms with Crippen molar-refractivity contribution in [2.24, 2.45) is 0 Å². The minimum Gasteiger partial charge on any atom is -0.348 e. The number of hydrogen-bond acceptors (Lipinski definition) is 4. The van der Waals surface area contributed by atoms with Crippen LogP contribution in [0.4, 0.5) is 0 Å². The fourth-order valence-electron chi connectivity index (χ4n) is 2.41. The Balaban J connectivity index is 1.85. The third-order valence-corrected chi connectivity index (χ3v) is 3.38. The van der Waals surface area contributed by atoms with Crippen molar-refractivity contribution in [3.05, 3.63) is 36.2 Å². The largest absolute Gasteiger partial charge is 0.348 e. The number of carbonyl (C=O) groups is 1. The van der Waals surface area contributed by atoms with Crippen molar-refractivity contribution in [2.75, 3.05) is 13.1 Å². The van der Waals surface area contributed by atoms with Gasteiger partial charge in [-0.2, -0.15) is 0 Å². The van der Waals surface area contributed by atoms with Crippen molar-refractivity contribution in [3.8, 4) is 0 Å². The summed E-state index contributed by atoms with van der Waals surface area (Å²) in [5.74, 6) is -0.0696. The van der Waals surface area contributed by atoms with E-state index in [1.807, 2.05) is 12.1 Å². The lowest BCUT2D eigenvalue weighted by molar-refractivity contribution is 0.0932. The van der Waals surface area contributed by atoms with Crippen LogP contribution in [0, 0.1) is 0 Å². The van der Waals surface area contributed by atoms with Gasteiger partial charge in [-0.1, -0.05) is 6.07 Å². The summed E-state index contributed by atoms with van der Waals surface area (Å²) in [6.07, 6.45) is 5.37. The molecule has 1 atom stereocenters. The first-order chi connectivity index (χ1) is 9.34. The average molecular weight is 256 g/mol. The van der Waals surface area contributed by atoms with Crippen molar-refractivity contribution in [1.82, 2.24) is 20.6 Å². The Bertz CT molecular complexity index is 588. The SMILES string of the molecule is O=C(N[C@H]1CCCNC1)c1cccc2nccnc12. The summed E-state index contributed by atoms with van der Waals surface area (Å²) in [6.45, 7) is 1.87. The van der Waals surface area contributed by atoms with Gasteiger partial charge in [0.15, 0.2) is 0 Å². The predicted octanol–water partition coefficient (Wildman–Crippen LogP) is 1.11. The number of nitrogens with one attached hydrogen (secondary N) is 2. The number of carbonyl (C=O) groups excluding carboxylic acids is 1. The van der Waals surface area contributed by atoms with Crippen molar-refractivity contribution < 1.29 is 4.79 Å². The lowest BCUT2D eigenvalue weighted by Gasteiger charge is -2.23. The molecular weight excluding hydrogens is 240 g/mol. The molecule has 0 saturated carbocycles. The van der Waals surface area contributed by atoms with Crippen LogP contribution in [0.25, 0.3) is 11.0 Å². The van der Waals surface area contributed by atoms with Gasteiger partial charge in [0.2, 0.25) is 0 Å². The van der Waals surface area contributed by atoms with Crippen LogP contribution < -0.4 is 10.6 Å². The van der Waals surface area contributed by atoms with Crippen LogP contribution in [0.5, 0.6) is 0 Å². The molecule has 0 unspecified atom stereocenters. The summed E-state index contributed by atoms with van der Waals surface area (Å²) in [5.41, 5.74) is 2.00. The Hall–Kier alpha value is -2.01. The van der Waals surface area contributed by atoms with E-state index in [-0.39, 0.29) is 11.9 Å². The number of rotatable bonds is 2. The standard InChI is InChI=1S/C14H16N4O/c19-14(18-10-3-2-6-15-9-10)11-4-1-5-12-13(11)17-8-7-16-12/h1,4-5,7-8,10,15H,2-3,6,9H2,(H,18,19)/t10-/m0/s1. The molecule has 2 heterocycles. The number of amides is 1. The number of nitrogens with zero attached hydrogens (tertiary/aromatic N) is 2.